The van der Waals surface area contributed by atoms with Gasteiger partial charge in [0, 0.05) is 6.42 Å². The van der Waals surface area contributed by atoms with Crippen molar-refractivity contribution in [2.24, 2.45) is 0 Å². The molecule has 1 unspecified atom stereocenters. The van der Waals surface area contributed by atoms with Crippen molar-refractivity contribution >= 4 is 5.78 Å². The Balaban J connectivity index is 0. The first-order valence-electron chi connectivity index (χ1n) is 4.31. The zero-order chi connectivity index (χ0) is 13.6. The summed E-state index contributed by atoms with van der Waals surface area (Å²) in [5.41, 5.74) is 0. The fourth-order valence-corrected chi connectivity index (χ4v) is 0.432. The normalized spacial score (nSPS) is 13.8. The molecule has 0 aliphatic heterocycles. The third kappa shape index (κ3) is 8.51. The summed E-state index contributed by atoms with van der Waals surface area (Å²) in [5.74, 6) is -1.67. The Morgan fingerprint density at radius 2 is 1.50 bits per heavy atom. The standard InChI is InChI=1S/C4H7F3O.C4H5F3O/c2*1-2-3(8)4(5,6)7/h3,8H,2H2,1H3;2H2,1H3. The lowest BCUT2D eigenvalue weighted by atomic mass is 10.3. The molecule has 0 rings (SSSR count). The quantitative estimate of drug-likeness (QED) is 0.769. The van der Waals surface area contributed by atoms with Gasteiger partial charge in [-0.05, 0) is 6.42 Å². The summed E-state index contributed by atoms with van der Waals surface area (Å²) in [6.07, 6.45) is -12.0. The molecular weight excluding hydrogens is 242 g/mol. The minimum atomic E-state index is -4.63. The van der Waals surface area contributed by atoms with Crippen LogP contribution in [-0.4, -0.2) is 29.3 Å². The van der Waals surface area contributed by atoms with E-state index in [-0.39, 0.29) is 6.42 Å². The Hall–Kier alpha value is -0.790. The largest absolute Gasteiger partial charge is 0.449 e. The Labute approximate surface area is 88.2 Å². The van der Waals surface area contributed by atoms with Gasteiger partial charge >= 0.3 is 12.4 Å². The average Bonchev–Trinajstić information content (AvgIpc) is 2.13. The fourth-order valence-electron chi connectivity index (χ4n) is 0.432. The van der Waals surface area contributed by atoms with Crippen LogP contribution in [0.15, 0.2) is 0 Å². The van der Waals surface area contributed by atoms with Crippen LogP contribution >= 0.6 is 0 Å². The van der Waals surface area contributed by atoms with E-state index in [0.29, 0.717) is 0 Å². The number of ketones is 1. The van der Waals surface area contributed by atoms with E-state index >= 15 is 0 Å². The van der Waals surface area contributed by atoms with Gasteiger partial charge < -0.3 is 5.11 Å². The highest BCUT2D eigenvalue weighted by Crippen LogP contribution is 2.21. The third-order valence-electron chi connectivity index (χ3n) is 1.40. The van der Waals surface area contributed by atoms with E-state index in [1.165, 1.54) is 13.8 Å². The molecule has 98 valence electrons. The van der Waals surface area contributed by atoms with Crippen molar-refractivity contribution < 1.29 is 36.2 Å². The van der Waals surface area contributed by atoms with Gasteiger partial charge in [-0.3, -0.25) is 4.79 Å². The number of carbonyl (C=O) groups is 1. The van der Waals surface area contributed by atoms with E-state index in [1.807, 2.05) is 0 Å². The topological polar surface area (TPSA) is 37.3 Å². The summed E-state index contributed by atoms with van der Waals surface area (Å²) in [5, 5.41) is 8.07. The molecule has 0 aliphatic rings. The Kier molecular flexibility index (Phi) is 7.39. The van der Waals surface area contributed by atoms with Gasteiger partial charge in [-0.25, -0.2) is 0 Å². The lowest BCUT2D eigenvalue weighted by molar-refractivity contribution is -0.204. The maximum absolute atomic E-state index is 11.2. The number of rotatable bonds is 2. The van der Waals surface area contributed by atoms with Crippen LogP contribution in [0.4, 0.5) is 26.3 Å². The molecule has 0 saturated heterocycles. The van der Waals surface area contributed by atoms with Crippen LogP contribution in [0.3, 0.4) is 0 Å². The lowest BCUT2D eigenvalue weighted by Gasteiger charge is -2.10. The Morgan fingerprint density at radius 1 is 1.12 bits per heavy atom. The molecule has 0 spiro atoms. The average molecular weight is 254 g/mol. The van der Waals surface area contributed by atoms with Crippen molar-refractivity contribution in [2.45, 2.75) is 45.1 Å². The molecule has 0 fully saturated rings. The van der Waals surface area contributed by atoms with Crippen molar-refractivity contribution in [1.29, 1.82) is 0 Å². The van der Waals surface area contributed by atoms with Crippen molar-refractivity contribution in [3.05, 3.63) is 0 Å². The first kappa shape index (κ1) is 17.6. The fraction of sp³-hybridized carbons (Fsp3) is 0.875. The zero-order valence-electron chi connectivity index (χ0n) is 8.61. The number of aliphatic hydroxyl groups excluding tert-OH is 1. The van der Waals surface area contributed by atoms with Crippen LogP contribution in [0.1, 0.15) is 26.7 Å². The molecule has 0 bridgehead atoms. The summed E-state index contributed by atoms with van der Waals surface area (Å²) in [6, 6.07) is 0. The Bertz CT molecular complexity index is 208. The molecule has 0 radical (unpaired) electrons. The van der Waals surface area contributed by atoms with E-state index in [2.05, 4.69) is 0 Å². The second-order valence-corrected chi connectivity index (χ2v) is 2.74. The van der Waals surface area contributed by atoms with E-state index in [0.717, 1.165) is 0 Å². The van der Waals surface area contributed by atoms with Crippen LogP contribution in [-0.2, 0) is 4.79 Å². The second-order valence-electron chi connectivity index (χ2n) is 2.74. The summed E-state index contributed by atoms with van der Waals surface area (Å²) < 4.78 is 66.9. The zero-order valence-corrected chi connectivity index (χ0v) is 8.61. The van der Waals surface area contributed by atoms with Crippen molar-refractivity contribution in [2.75, 3.05) is 0 Å². The number of hydrogen-bond acceptors (Lipinski definition) is 2. The van der Waals surface area contributed by atoms with Gasteiger partial charge in [-0.2, -0.15) is 26.3 Å². The van der Waals surface area contributed by atoms with Gasteiger partial charge in [0.2, 0.25) is 5.78 Å². The molecule has 0 aromatic heterocycles. The van der Waals surface area contributed by atoms with E-state index in [9.17, 15) is 31.1 Å². The second kappa shape index (κ2) is 6.72. The predicted molar refractivity (Wildman–Crippen MR) is 43.7 cm³/mol. The molecule has 0 amide bonds. The molecule has 1 atom stereocenters. The monoisotopic (exact) mass is 254 g/mol. The van der Waals surface area contributed by atoms with Crippen LogP contribution in [0, 0.1) is 0 Å². The molecule has 0 aromatic rings. The smallest absolute Gasteiger partial charge is 0.384 e. The predicted octanol–water partition coefficient (Wildman–Crippen LogP) is 2.85. The van der Waals surface area contributed by atoms with Gasteiger partial charge in [0.15, 0.2) is 0 Å². The molecule has 1 N–H and O–H groups in total. The maximum atomic E-state index is 11.2. The van der Waals surface area contributed by atoms with Crippen molar-refractivity contribution in [3.63, 3.8) is 0 Å². The number of carbonyl (C=O) groups excluding carboxylic acids is 1. The van der Waals surface area contributed by atoms with Crippen LogP contribution in [0.2, 0.25) is 0 Å². The summed E-state index contributed by atoms with van der Waals surface area (Å²) in [4.78, 5) is 9.71. The van der Waals surface area contributed by atoms with Gasteiger partial charge in [0.1, 0.15) is 6.10 Å². The summed E-state index contributed by atoms with van der Waals surface area (Å²) >= 11 is 0. The molecule has 0 aliphatic carbocycles. The molecule has 8 heteroatoms. The first-order chi connectivity index (χ1) is 6.96. The highest BCUT2D eigenvalue weighted by Gasteiger charge is 2.36. The highest BCUT2D eigenvalue weighted by molar-refractivity contribution is 5.83. The number of alkyl halides is 6. The SMILES string of the molecule is CCC(=O)C(F)(F)F.CCC(O)C(F)(F)F. The van der Waals surface area contributed by atoms with Gasteiger partial charge in [0.05, 0.1) is 0 Å². The van der Waals surface area contributed by atoms with E-state index in [1.54, 1.807) is 0 Å². The number of Topliss-reactive ketones (excluding diaryl/α,β-unsaturated/α-hetero) is 1. The molecule has 16 heavy (non-hydrogen) atoms. The summed E-state index contributed by atoms with van der Waals surface area (Å²) in [7, 11) is 0. The van der Waals surface area contributed by atoms with Crippen LogP contribution in [0.25, 0.3) is 0 Å². The van der Waals surface area contributed by atoms with Crippen molar-refractivity contribution in [3.8, 4) is 0 Å². The lowest BCUT2D eigenvalue weighted by Crippen LogP contribution is -2.27. The van der Waals surface area contributed by atoms with Gasteiger partial charge in [-0.15, -0.1) is 0 Å². The van der Waals surface area contributed by atoms with Crippen LogP contribution < -0.4 is 0 Å². The molecule has 0 saturated carbocycles. The van der Waals surface area contributed by atoms with E-state index < -0.39 is 30.7 Å². The minimum Gasteiger partial charge on any atom is -0.384 e. The van der Waals surface area contributed by atoms with Gasteiger partial charge in [-0.1, -0.05) is 13.8 Å². The van der Waals surface area contributed by atoms with Crippen LogP contribution in [0.5, 0.6) is 0 Å². The number of halogens is 6. The first-order valence-corrected chi connectivity index (χ1v) is 4.31. The number of hydrogen-bond donors (Lipinski definition) is 1. The molecule has 2 nitrogen and oxygen atoms in total. The molecule has 0 heterocycles. The highest BCUT2D eigenvalue weighted by atomic mass is 19.4. The molecular formula is C8H12F6O2. The third-order valence-corrected chi connectivity index (χ3v) is 1.40. The Morgan fingerprint density at radius 3 is 1.50 bits per heavy atom. The minimum absolute atomic E-state index is 0.274. The van der Waals surface area contributed by atoms with E-state index in [4.69, 9.17) is 5.11 Å². The van der Waals surface area contributed by atoms with Crippen molar-refractivity contribution in [1.82, 2.24) is 0 Å². The van der Waals surface area contributed by atoms with Gasteiger partial charge in [0.25, 0.3) is 0 Å². The number of aliphatic hydroxyl groups is 1. The summed E-state index contributed by atoms with van der Waals surface area (Å²) in [6.45, 7) is 2.45. The molecule has 0 aromatic carbocycles. The maximum Gasteiger partial charge on any atom is 0.449 e.